The van der Waals surface area contributed by atoms with Gasteiger partial charge in [-0.1, -0.05) is 92.7 Å². The first-order valence-electron chi connectivity index (χ1n) is 25.7. The Bertz CT molecular complexity index is 3710. The lowest BCUT2D eigenvalue weighted by molar-refractivity contribution is -0.571. The molecule has 0 aromatic heterocycles. The summed E-state index contributed by atoms with van der Waals surface area (Å²) in [6.07, 6.45) is 13.5. The van der Waals surface area contributed by atoms with E-state index < -0.39 is 29.1 Å². The van der Waals surface area contributed by atoms with Crippen molar-refractivity contribution in [2.45, 2.75) is 67.5 Å². The molecule has 0 aliphatic rings. The number of carbonyl (C=O) groups excluding carboxylic acids is 4. The summed E-state index contributed by atoms with van der Waals surface area (Å²) in [7, 11) is 5.35. The van der Waals surface area contributed by atoms with E-state index >= 15 is 0 Å². The molecule has 0 atom stereocenters. The molecule has 4 aromatic carbocycles. The lowest BCUT2D eigenvalue weighted by Gasteiger charge is -2.27. The fourth-order valence-electron chi connectivity index (χ4n) is 6.29. The maximum absolute atomic E-state index is 12.3. The molecule has 0 radical (unpaired) electrons. The van der Waals surface area contributed by atoms with Gasteiger partial charge in [0.05, 0.1) is 46.1 Å². The second-order valence-corrected chi connectivity index (χ2v) is 17.8. The van der Waals surface area contributed by atoms with Gasteiger partial charge in [-0.05, 0) is 205 Å². The molecular weight excluding hydrogens is 1180 g/mol. The van der Waals surface area contributed by atoms with Gasteiger partial charge < -0.3 is 43.6 Å². The van der Waals surface area contributed by atoms with Gasteiger partial charge in [0.2, 0.25) is 6.08 Å². The van der Waals surface area contributed by atoms with Gasteiger partial charge in [-0.3, -0.25) is 0 Å². The van der Waals surface area contributed by atoms with Crippen molar-refractivity contribution in [3.63, 3.8) is 0 Å². The van der Waals surface area contributed by atoms with E-state index in [1.165, 1.54) is 46.2 Å². The van der Waals surface area contributed by atoms with Gasteiger partial charge in [0, 0.05) is 8.56 Å². The number of nitrogens with one attached hydrogen (secondary N) is 2. The predicted octanol–water partition coefficient (Wildman–Crippen LogP) is 11.6. The molecule has 5 N–H and O–H groups in total. The Labute approximate surface area is 547 Å². The van der Waals surface area contributed by atoms with Crippen molar-refractivity contribution in [3.8, 4) is 119 Å². The van der Waals surface area contributed by atoms with Crippen LogP contribution in [0.3, 0.4) is 0 Å². The first-order chi connectivity index (χ1) is 43.1. The molecule has 0 aliphatic carbocycles. The van der Waals surface area contributed by atoms with Crippen LogP contribution in [0.1, 0.15) is 98.3 Å². The molecule has 92 heavy (non-hydrogen) atoms. The first kappa shape index (κ1) is 84.5. The number of nitrogens with zero attached hydrogens (tertiary/aromatic N) is 3. The van der Waals surface area contributed by atoms with Crippen LogP contribution in [-0.4, -0.2) is 94.6 Å². The lowest BCUT2D eigenvalue weighted by Crippen LogP contribution is -2.41. The third-order valence-corrected chi connectivity index (χ3v) is 10.7. The number of nitriles is 2. The van der Waals surface area contributed by atoms with Crippen LogP contribution in [0.2, 0.25) is 0 Å². The van der Waals surface area contributed by atoms with Gasteiger partial charge in [0.1, 0.15) is 43.1 Å². The average molecular weight is 1270 g/mol. The van der Waals surface area contributed by atoms with Crippen LogP contribution in [-0.2, 0) is 54.7 Å². The van der Waals surface area contributed by atoms with Crippen LogP contribution in [0.5, 0.6) is 23.0 Å². The summed E-state index contributed by atoms with van der Waals surface area (Å²) in [5.74, 6) is 28.6. The largest absolute Gasteiger partial charge is 0.493 e. The summed E-state index contributed by atoms with van der Waals surface area (Å²) in [6, 6.07) is 29.1. The van der Waals surface area contributed by atoms with Crippen LogP contribution in [0.25, 0.3) is 23.3 Å². The number of methoxy groups -OCH3 is 4. The van der Waals surface area contributed by atoms with Crippen LogP contribution in [0.15, 0.2) is 114 Å². The molecule has 492 valence electrons. The number of terminal acetylenes is 2. The topological polar surface area (TPSA) is 305 Å². The first-order valence-corrected chi connectivity index (χ1v) is 25.7. The second-order valence-electron chi connectivity index (χ2n) is 17.8. The summed E-state index contributed by atoms with van der Waals surface area (Å²) in [5, 5.41) is 46.9. The van der Waals surface area contributed by atoms with Gasteiger partial charge >= 0.3 is 18.0 Å². The Morgan fingerprint density at radius 3 is 1.41 bits per heavy atom. The Morgan fingerprint density at radius 1 is 0.630 bits per heavy atom. The van der Waals surface area contributed by atoms with Gasteiger partial charge in [-0.15, -0.1) is 17.8 Å². The Hall–Kier alpha value is -11.7. The minimum atomic E-state index is -0.728. The van der Waals surface area contributed by atoms with Crippen LogP contribution in [0, 0.1) is 107 Å². The summed E-state index contributed by atoms with van der Waals surface area (Å²) in [4.78, 5) is 55.7. The summed E-state index contributed by atoms with van der Waals surface area (Å²) in [6.45, 7) is 19.4. The highest BCUT2D eigenvalue weighted by Gasteiger charge is 2.24. The number of allylic oxidation sites excluding steroid dienone is 2. The number of amides is 1. The number of isocyanates is 1. The van der Waals surface area contributed by atoms with Crippen molar-refractivity contribution in [3.05, 3.63) is 143 Å². The molecule has 4 rings (SSSR count). The van der Waals surface area contributed by atoms with Gasteiger partial charge in [0.25, 0.3) is 0 Å². The monoisotopic (exact) mass is 1270 g/mol. The summed E-state index contributed by atoms with van der Waals surface area (Å²) in [5.41, 5.74) is 6.95. The number of alkyl carbamates (subject to hydrolysis) is 1. The fraction of sp³-hybridized carbons (Fsp3) is 0.257. The van der Waals surface area contributed by atoms with E-state index in [0.717, 1.165) is 33.4 Å². The number of aliphatic hydroxyl groups excluding tert-OH is 1. The molecule has 22 nitrogen and oxygen atoms in total. The zero-order valence-corrected chi connectivity index (χ0v) is 51.0. The fourth-order valence-corrected chi connectivity index (χ4v) is 6.29. The van der Waals surface area contributed by atoms with E-state index in [0.29, 0.717) is 34.1 Å². The number of aliphatic imine (C=N–C) groups is 1. The third-order valence-electron chi connectivity index (χ3n) is 10.7. The van der Waals surface area contributed by atoms with Gasteiger partial charge in [-0.25, -0.2) is 29.7 Å². The Kier molecular flexibility index (Phi) is 45.2. The average Bonchev–Trinajstić information content (AvgIpc) is 0.907. The number of aliphatic hydroxyl groups is 1. The summed E-state index contributed by atoms with van der Waals surface area (Å²) < 4.78 is 35.8. The van der Waals surface area contributed by atoms with Crippen molar-refractivity contribution in [2.24, 2.45) is 4.99 Å². The number of esters is 2. The molecule has 1 amide bonds. The molecule has 0 saturated heterocycles. The third kappa shape index (κ3) is 34.6. The molecule has 0 unspecified atom stereocenters. The highest BCUT2D eigenvalue weighted by molar-refractivity contribution is 5.98. The van der Waals surface area contributed by atoms with Crippen molar-refractivity contribution < 1.29 is 91.5 Å². The molecule has 0 aliphatic heterocycles. The van der Waals surface area contributed by atoms with Crippen LogP contribution < -0.4 is 29.9 Å². The number of hydrogen-bond donors (Lipinski definition) is 5. The highest BCUT2D eigenvalue weighted by Crippen LogP contribution is 2.31. The SMILES string of the molecule is C.C.C#CC#CC#CC#CC#CC#CC#C.C=C(C)c1cccc(C(C)(C)N=C=O)c1.C=C(C)c1cccc(C(C)(C)NC(=O)OCCOc2ccc(/C=C(\C#N)C(=O)OC)cc2OC)c1.COC(=O)/C(C#N)=C/c1ccc(OCCO)c(OC)c1.OONOOO.[HH].[HH].[HH].[HH].[HH].[HH]. The quantitative estimate of drug-likeness (QED) is 0.00466. The minimum absolute atomic E-state index is 0. The molecule has 0 bridgehead atoms. The lowest BCUT2D eigenvalue weighted by atomic mass is 9.92. The molecule has 0 heterocycles. The standard InChI is InChI=1S/C27H30N2O6.C14H15NO5.C14H2.C13H15NO.2CH4.H3NO5.6H2/c1-18(2)20-8-7-9-22(16-20)27(3,4)29-26(31)35-13-12-34-23-11-10-19(15-24(23)32-5)14-21(17-28)25(30)33-6;1-18-13-8-10(3-4-12(13)20-6-5-16)7-11(9-15)14(17)19-2;1-3-5-7-9-11-13-14-12-10-8-6-4-2;1-10(2)11-6-5-7-12(8-11)13(3,4)14-9-15;;;2-4-1-5-6-3;;;;;;/h7-11,14-16H,1,12-13H2,2-6H3,(H,29,31);3-4,7-8,16H,5-6H2,1-2H3;1-2H;5-8H,1H2,2-4H3;2*1H4;1-3H;6*1H/b21-14+;11-7+;;;;;;;;;;;. The zero-order valence-electron chi connectivity index (χ0n) is 51.0. The molecule has 22 heteroatoms. The molecule has 0 saturated carbocycles. The van der Waals surface area contributed by atoms with E-state index in [1.807, 2.05) is 90.1 Å². The van der Waals surface area contributed by atoms with E-state index in [4.69, 9.17) is 62.7 Å². The van der Waals surface area contributed by atoms with E-state index in [9.17, 15) is 19.2 Å². The predicted molar refractivity (Wildman–Crippen MR) is 361 cm³/mol. The molecule has 0 spiro atoms. The smallest absolute Gasteiger partial charge is 0.407 e. The van der Waals surface area contributed by atoms with Crippen molar-refractivity contribution in [1.29, 1.82) is 10.5 Å². The maximum Gasteiger partial charge on any atom is 0.407 e. The zero-order chi connectivity index (χ0) is 67.8. The van der Waals surface area contributed by atoms with Crippen molar-refractivity contribution >= 4 is 47.4 Å². The molecular formula is C70H85N5O17. The van der Waals surface area contributed by atoms with E-state index in [1.54, 1.807) is 54.6 Å². The minimum Gasteiger partial charge on any atom is -0.493 e. The molecule has 4 aromatic rings. The number of ether oxygens (including phenoxy) is 7. The van der Waals surface area contributed by atoms with Crippen molar-refractivity contribution in [2.75, 3.05) is 54.9 Å². The number of hydrogen-bond acceptors (Lipinski definition) is 21. The van der Waals surface area contributed by atoms with E-state index in [-0.39, 0.29) is 61.0 Å². The van der Waals surface area contributed by atoms with Crippen molar-refractivity contribution in [1.82, 2.24) is 11.0 Å². The van der Waals surface area contributed by atoms with E-state index in [2.05, 4.69) is 119 Å². The second kappa shape index (κ2) is 49.3. The highest BCUT2D eigenvalue weighted by atomic mass is 17.5. The number of rotatable bonds is 22. The Balaban J connectivity index is -0.000000155. The Morgan fingerprint density at radius 2 is 1.05 bits per heavy atom. The van der Waals surface area contributed by atoms with Crippen LogP contribution >= 0.6 is 0 Å². The van der Waals surface area contributed by atoms with Crippen LogP contribution in [0.4, 0.5) is 4.79 Å². The van der Waals surface area contributed by atoms with Gasteiger partial charge in [0.15, 0.2) is 23.0 Å². The summed E-state index contributed by atoms with van der Waals surface area (Å²) >= 11 is 0. The maximum atomic E-state index is 12.3. The normalized spacial score (nSPS) is 9.40. The molecule has 0 fully saturated rings. The number of benzene rings is 4. The number of carbonyl (C=O) groups is 3. The van der Waals surface area contributed by atoms with Gasteiger partial charge in [-0.2, -0.15) is 15.5 Å².